The number of hydrogen-bond donors (Lipinski definition) is 2. The molecule has 1 aromatic heterocycles. The largest absolute Gasteiger partial charge is 0.497 e. The maximum absolute atomic E-state index is 12.5. The summed E-state index contributed by atoms with van der Waals surface area (Å²) in [6, 6.07) is 13.9. The Kier molecular flexibility index (Phi) is 6.18. The van der Waals surface area contributed by atoms with Crippen molar-refractivity contribution in [2.45, 2.75) is 17.3 Å². The van der Waals surface area contributed by atoms with Crippen LogP contribution in [0.1, 0.15) is 17.3 Å². The summed E-state index contributed by atoms with van der Waals surface area (Å²) in [4.78, 5) is 23.6. The zero-order valence-corrected chi connectivity index (χ0v) is 17.1. The van der Waals surface area contributed by atoms with Gasteiger partial charge in [-0.05, 0) is 55.5 Å². The Morgan fingerprint density at radius 2 is 1.76 bits per heavy atom. The molecule has 2 amide bonds. The summed E-state index contributed by atoms with van der Waals surface area (Å²) in [6.07, 6.45) is 0. The summed E-state index contributed by atoms with van der Waals surface area (Å²) in [6.45, 7) is 1.79. The molecule has 29 heavy (non-hydrogen) atoms. The fourth-order valence-electron chi connectivity index (χ4n) is 2.58. The van der Waals surface area contributed by atoms with Gasteiger partial charge in [-0.25, -0.2) is 0 Å². The van der Waals surface area contributed by atoms with Crippen LogP contribution in [-0.2, 0) is 11.8 Å². The molecule has 3 N–H and O–H groups in total. The minimum absolute atomic E-state index is 0.184. The number of aromatic nitrogens is 3. The molecule has 8 nitrogen and oxygen atoms in total. The van der Waals surface area contributed by atoms with Gasteiger partial charge < -0.3 is 20.4 Å². The van der Waals surface area contributed by atoms with Gasteiger partial charge in [0, 0.05) is 23.9 Å². The maximum Gasteiger partial charge on any atom is 0.248 e. The fourth-order valence-corrected chi connectivity index (χ4v) is 3.40. The summed E-state index contributed by atoms with van der Waals surface area (Å²) < 4.78 is 7.02. The van der Waals surface area contributed by atoms with E-state index in [1.807, 2.05) is 35.9 Å². The molecule has 1 atom stereocenters. The van der Waals surface area contributed by atoms with Crippen LogP contribution in [0, 0.1) is 0 Å². The van der Waals surface area contributed by atoms with Gasteiger partial charge in [0.05, 0.1) is 12.4 Å². The Morgan fingerprint density at radius 3 is 2.34 bits per heavy atom. The maximum atomic E-state index is 12.5. The summed E-state index contributed by atoms with van der Waals surface area (Å²) >= 11 is 1.31. The van der Waals surface area contributed by atoms with Crippen molar-refractivity contribution in [3.8, 4) is 17.1 Å². The molecule has 3 aromatic rings. The molecule has 3 rings (SSSR count). The van der Waals surface area contributed by atoms with Gasteiger partial charge >= 0.3 is 0 Å². The molecular weight excluding hydrogens is 390 g/mol. The number of nitrogens with zero attached hydrogens (tertiary/aromatic N) is 3. The average Bonchev–Trinajstić information content (AvgIpc) is 3.08. The molecule has 0 radical (unpaired) electrons. The van der Waals surface area contributed by atoms with Crippen molar-refractivity contribution in [1.82, 2.24) is 14.8 Å². The van der Waals surface area contributed by atoms with Crippen LogP contribution in [-0.4, -0.2) is 38.9 Å². The van der Waals surface area contributed by atoms with Crippen LogP contribution in [0.25, 0.3) is 11.4 Å². The van der Waals surface area contributed by atoms with Gasteiger partial charge in [-0.15, -0.1) is 10.2 Å². The molecular formula is C20H21N5O3S. The van der Waals surface area contributed by atoms with Crippen molar-refractivity contribution in [1.29, 1.82) is 0 Å². The van der Waals surface area contributed by atoms with E-state index >= 15 is 0 Å². The lowest BCUT2D eigenvalue weighted by Crippen LogP contribution is -2.23. The Morgan fingerprint density at radius 1 is 1.10 bits per heavy atom. The van der Waals surface area contributed by atoms with E-state index in [2.05, 4.69) is 15.5 Å². The first-order valence-corrected chi connectivity index (χ1v) is 9.68. The van der Waals surface area contributed by atoms with Gasteiger partial charge in [-0.3, -0.25) is 9.59 Å². The first kappa shape index (κ1) is 20.4. The number of hydrogen-bond acceptors (Lipinski definition) is 6. The van der Waals surface area contributed by atoms with Gasteiger partial charge in [-0.2, -0.15) is 0 Å². The molecule has 1 unspecified atom stereocenters. The third kappa shape index (κ3) is 4.75. The Labute approximate surface area is 172 Å². The minimum atomic E-state index is -0.512. The van der Waals surface area contributed by atoms with Crippen molar-refractivity contribution in [2.24, 2.45) is 12.8 Å². The monoisotopic (exact) mass is 411 g/mol. The molecule has 0 aliphatic rings. The van der Waals surface area contributed by atoms with Gasteiger partial charge in [0.25, 0.3) is 0 Å². The molecule has 0 saturated heterocycles. The first-order valence-electron chi connectivity index (χ1n) is 8.80. The smallest absolute Gasteiger partial charge is 0.248 e. The van der Waals surface area contributed by atoms with Crippen molar-refractivity contribution in [2.75, 3.05) is 12.4 Å². The second-order valence-electron chi connectivity index (χ2n) is 6.28. The molecule has 0 spiro atoms. The van der Waals surface area contributed by atoms with Gasteiger partial charge in [-0.1, -0.05) is 11.8 Å². The Balaban J connectivity index is 1.66. The lowest BCUT2D eigenvalue weighted by molar-refractivity contribution is -0.115. The van der Waals surface area contributed by atoms with E-state index in [-0.39, 0.29) is 5.91 Å². The highest BCUT2D eigenvalue weighted by atomic mass is 32.2. The molecule has 0 bridgehead atoms. The quantitative estimate of drug-likeness (QED) is 0.578. The summed E-state index contributed by atoms with van der Waals surface area (Å²) in [7, 11) is 3.47. The van der Waals surface area contributed by atoms with Crippen LogP contribution < -0.4 is 15.8 Å². The topological polar surface area (TPSA) is 112 Å². The molecule has 0 saturated carbocycles. The molecule has 9 heteroatoms. The number of ether oxygens (including phenoxy) is 1. The molecule has 0 fully saturated rings. The molecule has 1 heterocycles. The standard InChI is InChI=1S/C20H21N5O3S/c1-12(19(27)22-15-8-4-13(5-9-15)17(21)26)29-20-24-23-18(25(20)2)14-6-10-16(28-3)11-7-14/h4-12H,1-3H3,(H2,21,26)(H,22,27). The van der Waals surface area contributed by atoms with E-state index < -0.39 is 11.2 Å². The second kappa shape index (κ2) is 8.78. The third-order valence-corrected chi connectivity index (χ3v) is 5.41. The summed E-state index contributed by atoms with van der Waals surface area (Å²) in [5, 5.41) is 11.5. The van der Waals surface area contributed by atoms with E-state index in [1.54, 1.807) is 38.3 Å². The van der Waals surface area contributed by atoms with Crippen molar-refractivity contribution in [3.05, 3.63) is 54.1 Å². The van der Waals surface area contributed by atoms with E-state index in [0.717, 1.165) is 11.3 Å². The summed E-state index contributed by atoms with van der Waals surface area (Å²) in [5.41, 5.74) is 7.10. The SMILES string of the molecule is COc1ccc(-c2nnc(SC(C)C(=O)Nc3ccc(C(N)=O)cc3)n2C)cc1. The Bertz CT molecular complexity index is 1020. The van der Waals surface area contributed by atoms with E-state index in [9.17, 15) is 9.59 Å². The number of amides is 2. The average molecular weight is 411 g/mol. The predicted molar refractivity (Wildman–Crippen MR) is 112 cm³/mol. The second-order valence-corrected chi connectivity index (χ2v) is 7.59. The number of rotatable bonds is 7. The summed E-state index contributed by atoms with van der Waals surface area (Å²) in [5.74, 6) is 0.766. The zero-order valence-electron chi connectivity index (χ0n) is 16.2. The number of nitrogens with one attached hydrogen (secondary N) is 1. The van der Waals surface area contributed by atoms with Crippen LogP contribution in [0.3, 0.4) is 0 Å². The van der Waals surface area contributed by atoms with Crippen molar-refractivity contribution in [3.63, 3.8) is 0 Å². The molecule has 150 valence electrons. The van der Waals surface area contributed by atoms with Crippen LogP contribution in [0.2, 0.25) is 0 Å². The fraction of sp³-hybridized carbons (Fsp3) is 0.200. The zero-order chi connectivity index (χ0) is 21.0. The number of primary amides is 1. The lowest BCUT2D eigenvalue weighted by Gasteiger charge is -2.12. The molecule has 2 aromatic carbocycles. The van der Waals surface area contributed by atoms with Crippen LogP contribution in [0.15, 0.2) is 53.7 Å². The van der Waals surface area contributed by atoms with Crippen molar-refractivity contribution >= 4 is 29.3 Å². The molecule has 0 aliphatic heterocycles. The van der Waals surface area contributed by atoms with E-state index in [0.29, 0.717) is 22.2 Å². The first-order chi connectivity index (χ1) is 13.9. The van der Waals surface area contributed by atoms with Crippen molar-refractivity contribution < 1.29 is 14.3 Å². The van der Waals surface area contributed by atoms with E-state index in [4.69, 9.17) is 10.5 Å². The van der Waals surface area contributed by atoms with Gasteiger partial charge in [0.2, 0.25) is 11.8 Å². The minimum Gasteiger partial charge on any atom is -0.497 e. The van der Waals surface area contributed by atoms with Crippen LogP contribution in [0.4, 0.5) is 5.69 Å². The number of methoxy groups -OCH3 is 1. The highest BCUT2D eigenvalue weighted by Gasteiger charge is 2.19. The number of benzene rings is 2. The number of carbonyl (C=O) groups is 2. The van der Waals surface area contributed by atoms with Crippen LogP contribution >= 0.6 is 11.8 Å². The highest BCUT2D eigenvalue weighted by molar-refractivity contribution is 8.00. The third-order valence-electron chi connectivity index (χ3n) is 4.27. The lowest BCUT2D eigenvalue weighted by atomic mass is 10.2. The van der Waals surface area contributed by atoms with Crippen LogP contribution in [0.5, 0.6) is 5.75 Å². The number of carbonyl (C=O) groups excluding carboxylic acids is 2. The Hall–Kier alpha value is -3.33. The highest BCUT2D eigenvalue weighted by Crippen LogP contribution is 2.27. The van der Waals surface area contributed by atoms with E-state index in [1.165, 1.54) is 11.8 Å². The van der Waals surface area contributed by atoms with Gasteiger partial charge in [0.15, 0.2) is 11.0 Å². The number of nitrogens with two attached hydrogens (primary N) is 1. The predicted octanol–water partition coefficient (Wildman–Crippen LogP) is 2.71. The number of anilines is 1. The van der Waals surface area contributed by atoms with Gasteiger partial charge in [0.1, 0.15) is 5.75 Å². The number of thioether (sulfide) groups is 1. The molecule has 0 aliphatic carbocycles. The normalized spacial score (nSPS) is 11.7.